The van der Waals surface area contributed by atoms with Crippen molar-refractivity contribution in [2.75, 3.05) is 30.8 Å². The molecule has 0 aliphatic heterocycles. The van der Waals surface area contributed by atoms with Crippen LogP contribution >= 0.6 is 11.8 Å². The summed E-state index contributed by atoms with van der Waals surface area (Å²) in [5, 5.41) is 5.11. The van der Waals surface area contributed by atoms with Gasteiger partial charge in [0.05, 0.1) is 5.69 Å². The number of carbonyl (C=O) groups is 3. The molecule has 0 fully saturated rings. The molecule has 0 aliphatic rings. The second-order valence-electron chi connectivity index (χ2n) is 7.25. The Hall–Kier alpha value is -3.85. The molecule has 0 atom stereocenters. The van der Waals surface area contributed by atoms with Crippen LogP contribution in [0.15, 0.2) is 83.8 Å². The number of hydrogen-bond donors (Lipinski definition) is 2. The zero-order chi connectivity index (χ0) is 24.9. The summed E-state index contributed by atoms with van der Waals surface area (Å²) in [7, 11) is 0. The quantitative estimate of drug-likeness (QED) is 0.221. The van der Waals surface area contributed by atoms with E-state index in [-0.39, 0.29) is 17.0 Å². The molecule has 3 aromatic rings. The number of amides is 2. The van der Waals surface area contributed by atoms with Crippen LogP contribution in [0.3, 0.4) is 0 Å². The molecule has 0 unspecified atom stereocenters. The van der Waals surface area contributed by atoms with Crippen molar-refractivity contribution in [1.29, 1.82) is 0 Å². The van der Waals surface area contributed by atoms with Crippen molar-refractivity contribution in [3.8, 4) is 5.75 Å². The number of rotatable bonds is 12. The largest absolute Gasteiger partial charge is 0.483 e. The lowest BCUT2D eigenvalue weighted by Gasteiger charge is -2.12. The lowest BCUT2D eigenvalue weighted by atomic mass is 10.2. The van der Waals surface area contributed by atoms with Gasteiger partial charge in [-0.2, -0.15) is 0 Å². The maximum Gasteiger partial charge on any atom is 0.342 e. The minimum absolute atomic E-state index is 0.0264. The minimum atomic E-state index is -0.759. The summed E-state index contributed by atoms with van der Waals surface area (Å²) in [5.74, 6) is -1.38. The van der Waals surface area contributed by atoms with Crippen molar-refractivity contribution in [3.63, 3.8) is 0 Å². The molecule has 2 amide bonds. The molecule has 9 heteroatoms. The van der Waals surface area contributed by atoms with Crippen molar-refractivity contribution in [1.82, 2.24) is 5.32 Å². The number of thioether (sulfide) groups is 1. The minimum Gasteiger partial charge on any atom is -0.483 e. The lowest BCUT2D eigenvalue weighted by Crippen LogP contribution is -2.30. The molecule has 0 spiro atoms. The highest BCUT2D eigenvalue weighted by molar-refractivity contribution is 7.99. The maximum absolute atomic E-state index is 13.7. The number of anilines is 1. The molecule has 7 nitrogen and oxygen atoms in total. The Morgan fingerprint density at radius 1 is 0.829 bits per heavy atom. The number of nitrogens with one attached hydrogen (secondary N) is 2. The van der Waals surface area contributed by atoms with Gasteiger partial charge >= 0.3 is 5.97 Å². The van der Waals surface area contributed by atoms with Gasteiger partial charge in [-0.05, 0) is 48.6 Å². The summed E-state index contributed by atoms with van der Waals surface area (Å²) >= 11 is 1.70. The number of para-hydroxylation sites is 2. The number of hydrogen-bond acceptors (Lipinski definition) is 6. The third-order valence-electron chi connectivity index (χ3n) is 4.60. The predicted octanol–water partition coefficient (Wildman–Crippen LogP) is 4.30. The lowest BCUT2D eigenvalue weighted by molar-refractivity contribution is -0.124. The van der Waals surface area contributed by atoms with Gasteiger partial charge < -0.3 is 20.1 Å². The molecular formula is C26H25FN2O5S. The van der Waals surface area contributed by atoms with Gasteiger partial charge in [-0.3, -0.25) is 9.59 Å². The fourth-order valence-electron chi connectivity index (χ4n) is 2.92. The number of ether oxygens (including phenoxy) is 2. The van der Waals surface area contributed by atoms with Gasteiger partial charge in [-0.15, -0.1) is 11.8 Å². The van der Waals surface area contributed by atoms with E-state index >= 15 is 0 Å². The van der Waals surface area contributed by atoms with Gasteiger partial charge in [0.1, 0.15) is 17.1 Å². The molecular weight excluding hydrogens is 471 g/mol. The number of benzene rings is 3. The summed E-state index contributed by atoms with van der Waals surface area (Å²) in [6.07, 6.45) is 0.769. The van der Waals surface area contributed by atoms with Crippen LogP contribution in [0.25, 0.3) is 0 Å². The van der Waals surface area contributed by atoms with E-state index in [0.717, 1.165) is 12.2 Å². The van der Waals surface area contributed by atoms with Crippen LogP contribution in [0.5, 0.6) is 5.75 Å². The number of carbonyl (C=O) groups excluding carboxylic acids is 3. The fraction of sp³-hybridized carbons (Fsp3) is 0.192. The van der Waals surface area contributed by atoms with Gasteiger partial charge in [0, 0.05) is 11.4 Å². The smallest absolute Gasteiger partial charge is 0.342 e. The van der Waals surface area contributed by atoms with Crippen LogP contribution in [0.2, 0.25) is 0 Å². The van der Waals surface area contributed by atoms with Crippen LogP contribution in [0.4, 0.5) is 10.1 Å². The molecule has 2 N–H and O–H groups in total. The molecule has 0 saturated heterocycles. The Kier molecular flexibility index (Phi) is 10.1. The van der Waals surface area contributed by atoms with Gasteiger partial charge in [0.2, 0.25) is 0 Å². The molecule has 0 aromatic heterocycles. The van der Waals surface area contributed by atoms with Crippen LogP contribution in [-0.4, -0.2) is 43.3 Å². The average Bonchev–Trinajstić information content (AvgIpc) is 2.88. The Bertz CT molecular complexity index is 1140. The highest BCUT2D eigenvalue weighted by Gasteiger charge is 2.16. The van der Waals surface area contributed by atoms with E-state index in [4.69, 9.17) is 9.47 Å². The molecule has 0 aliphatic carbocycles. The second-order valence-corrected chi connectivity index (χ2v) is 8.42. The van der Waals surface area contributed by atoms with Gasteiger partial charge in [0.25, 0.3) is 11.8 Å². The van der Waals surface area contributed by atoms with Crippen molar-refractivity contribution >= 4 is 35.2 Å². The first kappa shape index (κ1) is 25.8. The van der Waals surface area contributed by atoms with Gasteiger partial charge in [0.15, 0.2) is 13.2 Å². The monoisotopic (exact) mass is 496 g/mol. The molecule has 3 rings (SSSR count). The van der Waals surface area contributed by atoms with E-state index in [2.05, 4.69) is 10.6 Å². The Balaban J connectivity index is 1.39. The zero-order valence-electron chi connectivity index (χ0n) is 18.9. The third kappa shape index (κ3) is 8.78. The standard InChI is InChI=1S/C26H25FN2O5S/c27-21-12-5-6-13-22(21)29-25(31)18-33-23-14-7-4-11-20(23)26(32)34-17-24(30)28-15-8-16-35-19-9-2-1-3-10-19/h1-7,9-14H,8,15-18H2,(H,28,30)(H,29,31). The molecule has 0 heterocycles. The van der Waals surface area contributed by atoms with E-state index in [1.807, 2.05) is 30.3 Å². The summed E-state index contributed by atoms with van der Waals surface area (Å²) in [6.45, 7) is -0.417. The molecule has 3 aromatic carbocycles. The predicted molar refractivity (Wildman–Crippen MR) is 132 cm³/mol. The van der Waals surface area contributed by atoms with Crippen LogP contribution in [-0.2, 0) is 14.3 Å². The zero-order valence-corrected chi connectivity index (χ0v) is 19.7. The Morgan fingerprint density at radius 2 is 1.54 bits per heavy atom. The average molecular weight is 497 g/mol. The van der Waals surface area contributed by atoms with Crippen LogP contribution < -0.4 is 15.4 Å². The van der Waals surface area contributed by atoms with Crippen LogP contribution in [0.1, 0.15) is 16.8 Å². The third-order valence-corrected chi connectivity index (χ3v) is 5.70. The number of esters is 1. The Morgan fingerprint density at radius 3 is 2.34 bits per heavy atom. The van der Waals surface area contributed by atoms with Crippen molar-refractivity contribution in [3.05, 3.63) is 90.2 Å². The first-order chi connectivity index (χ1) is 17.0. The van der Waals surface area contributed by atoms with Crippen molar-refractivity contribution in [2.24, 2.45) is 0 Å². The molecule has 0 saturated carbocycles. The first-order valence-electron chi connectivity index (χ1n) is 10.9. The number of halogens is 1. The van der Waals surface area contributed by atoms with Crippen molar-refractivity contribution in [2.45, 2.75) is 11.3 Å². The van der Waals surface area contributed by atoms with E-state index < -0.39 is 36.8 Å². The van der Waals surface area contributed by atoms with E-state index in [1.54, 1.807) is 30.0 Å². The summed E-state index contributed by atoms with van der Waals surface area (Å²) < 4.78 is 24.2. The first-order valence-corrected chi connectivity index (χ1v) is 11.9. The molecule has 0 radical (unpaired) electrons. The molecule has 0 bridgehead atoms. The van der Waals surface area contributed by atoms with Gasteiger partial charge in [-0.25, -0.2) is 9.18 Å². The van der Waals surface area contributed by atoms with E-state index in [0.29, 0.717) is 6.54 Å². The van der Waals surface area contributed by atoms with E-state index in [1.165, 1.54) is 35.2 Å². The molecule has 35 heavy (non-hydrogen) atoms. The second kappa shape index (κ2) is 13.8. The van der Waals surface area contributed by atoms with Gasteiger partial charge in [-0.1, -0.05) is 42.5 Å². The van der Waals surface area contributed by atoms with Crippen LogP contribution in [0, 0.1) is 5.82 Å². The normalized spacial score (nSPS) is 10.3. The highest BCUT2D eigenvalue weighted by Crippen LogP contribution is 2.20. The topological polar surface area (TPSA) is 93.7 Å². The summed E-state index contributed by atoms with van der Waals surface area (Å²) in [5.41, 5.74) is 0.0942. The van der Waals surface area contributed by atoms with E-state index in [9.17, 15) is 18.8 Å². The summed E-state index contributed by atoms with van der Waals surface area (Å²) in [4.78, 5) is 37.7. The van der Waals surface area contributed by atoms with Crippen molar-refractivity contribution < 1.29 is 28.2 Å². The fourth-order valence-corrected chi connectivity index (χ4v) is 3.79. The SMILES string of the molecule is O=C(COC(=O)c1ccccc1OCC(=O)Nc1ccccc1F)NCCCSc1ccccc1. The molecule has 182 valence electrons. The Labute approximate surface area is 207 Å². The summed E-state index contributed by atoms with van der Waals surface area (Å²) in [6, 6.07) is 21.9. The maximum atomic E-state index is 13.7. The highest BCUT2D eigenvalue weighted by atomic mass is 32.2.